The molecule has 0 aliphatic heterocycles. The third kappa shape index (κ3) is 3.56. The van der Waals surface area contributed by atoms with Crippen LogP contribution in [0.3, 0.4) is 0 Å². The van der Waals surface area contributed by atoms with Crippen LogP contribution in [0.2, 0.25) is 10.0 Å². The van der Waals surface area contributed by atoms with Crippen molar-refractivity contribution in [3.05, 3.63) is 33.8 Å². The van der Waals surface area contributed by atoms with E-state index in [-0.39, 0.29) is 17.2 Å². The lowest BCUT2D eigenvalue weighted by molar-refractivity contribution is -0.153. The van der Waals surface area contributed by atoms with E-state index in [9.17, 15) is 14.3 Å². The number of benzene rings is 1. The molecule has 1 N–H and O–H groups in total. The zero-order valence-corrected chi connectivity index (χ0v) is 10.5. The van der Waals surface area contributed by atoms with Crippen LogP contribution in [-0.4, -0.2) is 23.9 Å². The molecule has 0 aliphatic rings. The quantitative estimate of drug-likeness (QED) is 0.863. The molecule has 6 heteroatoms. The Morgan fingerprint density at radius 1 is 1.53 bits per heavy atom. The molecule has 0 bridgehead atoms. The van der Waals surface area contributed by atoms with Crippen LogP contribution >= 0.6 is 23.2 Å². The van der Waals surface area contributed by atoms with Crippen LogP contribution in [0.1, 0.15) is 18.6 Å². The molecule has 0 spiro atoms. The molecule has 0 fully saturated rings. The fraction of sp³-hybridized carbons (Fsp3) is 0.364. The molecular formula is C11H11Cl2FO3. The number of esters is 1. The average molecular weight is 281 g/mol. The predicted molar refractivity (Wildman–Crippen MR) is 63.0 cm³/mol. The Hall–Kier alpha value is -0.840. The van der Waals surface area contributed by atoms with Gasteiger partial charge in [0.1, 0.15) is 6.10 Å². The highest BCUT2D eigenvalue weighted by Crippen LogP contribution is 2.29. The van der Waals surface area contributed by atoms with Crippen LogP contribution in [0, 0.1) is 0 Å². The summed E-state index contributed by atoms with van der Waals surface area (Å²) in [7, 11) is 0. The summed E-state index contributed by atoms with van der Waals surface area (Å²) >= 11 is 11.5. The molecule has 0 aliphatic carbocycles. The van der Waals surface area contributed by atoms with Crippen molar-refractivity contribution in [3.63, 3.8) is 0 Å². The lowest BCUT2D eigenvalue weighted by Gasteiger charge is -2.16. The highest BCUT2D eigenvalue weighted by molar-refractivity contribution is 6.33. The maximum Gasteiger partial charge on any atom is 0.343 e. The highest BCUT2D eigenvalue weighted by atomic mass is 35.5. The minimum atomic E-state index is -2.19. The standard InChI is InChI=1S/C11H11Cl2FO3/c1-2-17-11(16)9(14)10(15)7-5-6(12)3-4-8(7)13/h3-5,9-10,15H,2H2,1H3. The average Bonchev–Trinajstić information content (AvgIpc) is 2.30. The summed E-state index contributed by atoms with van der Waals surface area (Å²) in [4.78, 5) is 11.1. The van der Waals surface area contributed by atoms with Gasteiger partial charge in [0.05, 0.1) is 6.61 Å². The molecule has 2 atom stereocenters. The number of carbonyl (C=O) groups excluding carboxylic acids is 1. The Bertz CT molecular complexity index is 412. The second-order valence-corrected chi connectivity index (χ2v) is 4.11. The smallest absolute Gasteiger partial charge is 0.343 e. The molecule has 1 rings (SSSR count). The van der Waals surface area contributed by atoms with E-state index < -0.39 is 18.2 Å². The van der Waals surface area contributed by atoms with E-state index in [1.807, 2.05) is 0 Å². The van der Waals surface area contributed by atoms with Crippen molar-refractivity contribution in [2.24, 2.45) is 0 Å². The normalized spacial score (nSPS) is 14.2. The Morgan fingerprint density at radius 3 is 2.76 bits per heavy atom. The number of halogens is 3. The molecule has 0 amide bonds. The molecule has 0 radical (unpaired) electrons. The molecule has 3 nitrogen and oxygen atoms in total. The predicted octanol–water partition coefficient (Wildman–Crippen LogP) is 2.93. The second-order valence-electron chi connectivity index (χ2n) is 3.26. The summed E-state index contributed by atoms with van der Waals surface area (Å²) < 4.78 is 18.0. The van der Waals surface area contributed by atoms with Gasteiger partial charge in [-0.05, 0) is 25.1 Å². The highest BCUT2D eigenvalue weighted by Gasteiger charge is 2.30. The molecule has 0 saturated heterocycles. The van der Waals surface area contributed by atoms with Gasteiger partial charge < -0.3 is 9.84 Å². The minimum Gasteiger partial charge on any atom is -0.464 e. The van der Waals surface area contributed by atoms with E-state index >= 15 is 0 Å². The van der Waals surface area contributed by atoms with Gasteiger partial charge >= 0.3 is 5.97 Å². The summed E-state index contributed by atoms with van der Waals surface area (Å²) in [5.74, 6) is -1.13. The van der Waals surface area contributed by atoms with E-state index in [0.29, 0.717) is 5.02 Å². The van der Waals surface area contributed by atoms with Crippen LogP contribution in [0.15, 0.2) is 18.2 Å². The van der Waals surface area contributed by atoms with Crippen molar-refractivity contribution in [2.75, 3.05) is 6.61 Å². The maximum absolute atomic E-state index is 13.5. The van der Waals surface area contributed by atoms with Gasteiger partial charge in [0, 0.05) is 15.6 Å². The molecule has 0 aromatic heterocycles. The van der Waals surface area contributed by atoms with E-state index in [4.69, 9.17) is 23.2 Å². The molecule has 0 heterocycles. The monoisotopic (exact) mass is 280 g/mol. The van der Waals surface area contributed by atoms with Crippen molar-refractivity contribution in [1.82, 2.24) is 0 Å². The zero-order chi connectivity index (χ0) is 13.0. The number of aliphatic hydroxyl groups is 1. The molecule has 2 unspecified atom stereocenters. The number of rotatable bonds is 4. The largest absolute Gasteiger partial charge is 0.464 e. The van der Waals surface area contributed by atoms with Crippen LogP contribution in [-0.2, 0) is 9.53 Å². The molecule has 0 saturated carbocycles. The van der Waals surface area contributed by atoms with E-state index in [0.717, 1.165) is 0 Å². The van der Waals surface area contributed by atoms with Gasteiger partial charge in [0.2, 0.25) is 6.17 Å². The van der Waals surface area contributed by atoms with E-state index in [1.165, 1.54) is 18.2 Å². The Labute approximate surface area is 108 Å². The number of hydrogen-bond acceptors (Lipinski definition) is 3. The van der Waals surface area contributed by atoms with E-state index in [2.05, 4.69) is 4.74 Å². The summed E-state index contributed by atoms with van der Waals surface area (Å²) in [6.45, 7) is 1.58. The van der Waals surface area contributed by atoms with Crippen molar-refractivity contribution in [3.8, 4) is 0 Å². The van der Waals surface area contributed by atoms with Crippen LogP contribution in [0.5, 0.6) is 0 Å². The van der Waals surface area contributed by atoms with Gasteiger partial charge in [-0.2, -0.15) is 0 Å². The first kappa shape index (κ1) is 14.2. The van der Waals surface area contributed by atoms with Gasteiger partial charge in [-0.15, -0.1) is 0 Å². The number of hydrogen-bond donors (Lipinski definition) is 1. The molecule has 17 heavy (non-hydrogen) atoms. The van der Waals surface area contributed by atoms with Gasteiger partial charge in [-0.25, -0.2) is 9.18 Å². The lowest BCUT2D eigenvalue weighted by Crippen LogP contribution is -2.26. The van der Waals surface area contributed by atoms with Gasteiger partial charge in [0.15, 0.2) is 0 Å². The summed E-state index contributed by atoms with van der Waals surface area (Å²) in [5.41, 5.74) is 0.0553. The Morgan fingerprint density at radius 2 is 2.18 bits per heavy atom. The summed E-state index contributed by atoms with van der Waals surface area (Å²) in [6, 6.07) is 4.22. The van der Waals surface area contributed by atoms with Crippen molar-refractivity contribution >= 4 is 29.2 Å². The first-order chi connectivity index (χ1) is 7.97. The molecule has 1 aromatic rings. The maximum atomic E-state index is 13.5. The van der Waals surface area contributed by atoms with Gasteiger partial charge in [-0.1, -0.05) is 23.2 Å². The third-order valence-electron chi connectivity index (χ3n) is 2.07. The zero-order valence-electron chi connectivity index (χ0n) is 8.99. The van der Waals surface area contributed by atoms with Crippen LogP contribution in [0.25, 0.3) is 0 Å². The van der Waals surface area contributed by atoms with Gasteiger partial charge in [-0.3, -0.25) is 0 Å². The summed E-state index contributed by atoms with van der Waals surface area (Å²) in [6.07, 6.45) is -3.88. The fourth-order valence-corrected chi connectivity index (χ4v) is 1.66. The number of aliphatic hydroxyl groups excluding tert-OH is 1. The van der Waals surface area contributed by atoms with Crippen molar-refractivity contribution < 1.29 is 19.0 Å². The molecular weight excluding hydrogens is 270 g/mol. The SMILES string of the molecule is CCOC(=O)C(F)C(O)c1cc(Cl)ccc1Cl. The third-order valence-corrected chi connectivity index (χ3v) is 2.64. The molecule has 1 aromatic carbocycles. The van der Waals surface area contributed by atoms with Crippen molar-refractivity contribution in [2.45, 2.75) is 19.2 Å². The number of ether oxygens (including phenoxy) is 1. The first-order valence-corrected chi connectivity index (χ1v) is 5.66. The second kappa shape index (κ2) is 6.19. The number of carbonyl (C=O) groups is 1. The van der Waals surface area contributed by atoms with Gasteiger partial charge in [0.25, 0.3) is 0 Å². The lowest BCUT2D eigenvalue weighted by atomic mass is 10.1. The number of alkyl halides is 1. The fourth-order valence-electron chi connectivity index (χ4n) is 1.25. The minimum absolute atomic E-state index is 0.0370. The summed E-state index contributed by atoms with van der Waals surface area (Å²) in [5, 5.41) is 10.1. The molecule has 94 valence electrons. The van der Waals surface area contributed by atoms with Crippen molar-refractivity contribution in [1.29, 1.82) is 0 Å². The Balaban J connectivity index is 2.91. The van der Waals surface area contributed by atoms with Crippen LogP contribution < -0.4 is 0 Å². The topological polar surface area (TPSA) is 46.5 Å². The van der Waals surface area contributed by atoms with E-state index in [1.54, 1.807) is 6.92 Å². The Kier molecular flexibility index (Phi) is 5.18. The van der Waals surface area contributed by atoms with Crippen LogP contribution in [0.4, 0.5) is 4.39 Å². The first-order valence-electron chi connectivity index (χ1n) is 4.91.